The number of hydrogen-bond donors (Lipinski definition) is 2. The Morgan fingerprint density at radius 3 is 2.62 bits per heavy atom. The molecule has 1 amide bonds. The Kier molecular flexibility index (Phi) is 4.85. The summed E-state index contributed by atoms with van der Waals surface area (Å²) in [6.45, 7) is 3.16. The molecule has 2 aromatic rings. The van der Waals surface area contributed by atoms with Gasteiger partial charge >= 0.3 is 5.69 Å². The number of anilines is 1. The van der Waals surface area contributed by atoms with Gasteiger partial charge < -0.3 is 5.32 Å². The smallest absolute Gasteiger partial charge is 0.319 e. The lowest BCUT2D eigenvalue weighted by atomic mass is 10.1. The molecule has 24 heavy (non-hydrogen) atoms. The minimum Gasteiger partial charge on any atom is -0.320 e. The van der Waals surface area contributed by atoms with Gasteiger partial charge in [0.05, 0.1) is 4.92 Å². The number of amides is 1. The fraction of sp³-hybridized carbons (Fsp3) is 0.375. The zero-order valence-corrected chi connectivity index (χ0v) is 13.2. The molecule has 1 aliphatic heterocycles. The standard InChI is InChI=1S/C16H19N5O3/c22-16(15-14(21(23)24)10-17-19-15)18-13-6-4-12(5-7-13)11-20-8-2-1-3-9-20/h4-7,10H,1-3,8-9,11H2,(H,17,19)(H,18,22). The minimum absolute atomic E-state index is 0.155. The topological polar surface area (TPSA) is 104 Å². The lowest BCUT2D eigenvalue weighted by Crippen LogP contribution is -2.29. The summed E-state index contributed by atoms with van der Waals surface area (Å²) in [7, 11) is 0. The number of rotatable bonds is 5. The summed E-state index contributed by atoms with van der Waals surface area (Å²) in [6.07, 6.45) is 4.83. The van der Waals surface area contributed by atoms with Gasteiger partial charge in [0.25, 0.3) is 5.91 Å². The molecule has 126 valence electrons. The first-order valence-corrected chi connectivity index (χ1v) is 7.94. The molecule has 2 heterocycles. The van der Waals surface area contributed by atoms with Crippen LogP contribution in [0.2, 0.25) is 0 Å². The highest BCUT2D eigenvalue weighted by Crippen LogP contribution is 2.18. The van der Waals surface area contributed by atoms with Crippen LogP contribution in [-0.4, -0.2) is 39.0 Å². The number of H-pyrrole nitrogens is 1. The molecule has 1 fully saturated rings. The van der Waals surface area contributed by atoms with Crippen LogP contribution in [-0.2, 0) is 6.54 Å². The van der Waals surface area contributed by atoms with Crippen molar-refractivity contribution in [2.75, 3.05) is 18.4 Å². The number of piperidine rings is 1. The number of aromatic amines is 1. The molecule has 1 aromatic heterocycles. The van der Waals surface area contributed by atoms with Crippen LogP contribution in [0.3, 0.4) is 0 Å². The van der Waals surface area contributed by atoms with Gasteiger partial charge in [0, 0.05) is 12.2 Å². The maximum Gasteiger partial charge on any atom is 0.319 e. The lowest BCUT2D eigenvalue weighted by molar-refractivity contribution is -0.385. The number of benzene rings is 1. The average Bonchev–Trinajstić information content (AvgIpc) is 3.08. The van der Waals surface area contributed by atoms with E-state index in [0.29, 0.717) is 5.69 Å². The molecule has 0 bridgehead atoms. The summed E-state index contributed by atoms with van der Waals surface area (Å²) in [6, 6.07) is 7.54. The van der Waals surface area contributed by atoms with E-state index in [1.54, 1.807) is 12.1 Å². The van der Waals surface area contributed by atoms with E-state index in [9.17, 15) is 14.9 Å². The SMILES string of the molecule is O=C(Nc1ccc(CN2CCCCC2)cc1)c1[nH]ncc1[N+](=O)[O-]. The molecule has 0 spiro atoms. The number of nitrogens with zero attached hydrogens (tertiary/aromatic N) is 3. The summed E-state index contributed by atoms with van der Waals surface area (Å²) in [5, 5.41) is 19.4. The molecule has 0 aliphatic carbocycles. The van der Waals surface area contributed by atoms with Crippen LogP contribution < -0.4 is 5.32 Å². The number of nitrogens with one attached hydrogen (secondary N) is 2. The molecule has 0 saturated carbocycles. The zero-order valence-electron chi connectivity index (χ0n) is 13.2. The number of carbonyl (C=O) groups is 1. The second kappa shape index (κ2) is 7.22. The number of aromatic nitrogens is 2. The molecule has 3 rings (SSSR count). The first-order valence-electron chi connectivity index (χ1n) is 7.94. The van der Waals surface area contributed by atoms with Gasteiger partial charge in [0.2, 0.25) is 5.69 Å². The van der Waals surface area contributed by atoms with E-state index in [1.165, 1.54) is 24.8 Å². The van der Waals surface area contributed by atoms with Gasteiger partial charge in [0.1, 0.15) is 6.20 Å². The molecule has 1 saturated heterocycles. The van der Waals surface area contributed by atoms with Crippen molar-refractivity contribution < 1.29 is 9.72 Å². The van der Waals surface area contributed by atoms with Crippen molar-refractivity contribution in [3.63, 3.8) is 0 Å². The Balaban J connectivity index is 1.62. The van der Waals surface area contributed by atoms with Gasteiger partial charge in [-0.15, -0.1) is 0 Å². The van der Waals surface area contributed by atoms with Gasteiger partial charge in [-0.05, 0) is 43.6 Å². The fourth-order valence-corrected chi connectivity index (χ4v) is 2.85. The molecule has 0 unspecified atom stereocenters. The molecule has 0 atom stereocenters. The molecule has 1 aliphatic rings. The van der Waals surface area contributed by atoms with Crippen LogP contribution in [0.1, 0.15) is 35.3 Å². The second-order valence-corrected chi connectivity index (χ2v) is 5.88. The Bertz CT molecular complexity index is 720. The van der Waals surface area contributed by atoms with E-state index in [-0.39, 0.29) is 11.4 Å². The molecular weight excluding hydrogens is 310 g/mol. The Morgan fingerprint density at radius 1 is 1.25 bits per heavy atom. The second-order valence-electron chi connectivity index (χ2n) is 5.88. The maximum absolute atomic E-state index is 12.1. The largest absolute Gasteiger partial charge is 0.320 e. The first-order chi connectivity index (χ1) is 11.6. The van der Waals surface area contributed by atoms with Crippen LogP contribution >= 0.6 is 0 Å². The van der Waals surface area contributed by atoms with Crippen LogP contribution in [0.4, 0.5) is 11.4 Å². The van der Waals surface area contributed by atoms with Gasteiger partial charge in [0.15, 0.2) is 0 Å². The van der Waals surface area contributed by atoms with E-state index in [2.05, 4.69) is 20.4 Å². The maximum atomic E-state index is 12.1. The third kappa shape index (κ3) is 3.77. The third-order valence-corrected chi connectivity index (χ3v) is 4.11. The molecule has 0 radical (unpaired) electrons. The number of carbonyl (C=O) groups excluding carboxylic acids is 1. The van der Waals surface area contributed by atoms with Crippen molar-refractivity contribution in [3.8, 4) is 0 Å². The zero-order chi connectivity index (χ0) is 16.9. The minimum atomic E-state index is -0.639. The normalized spacial score (nSPS) is 15.2. The summed E-state index contributed by atoms with van der Waals surface area (Å²) < 4.78 is 0. The molecule has 8 heteroatoms. The highest BCUT2D eigenvalue weighted by molar-refractivity contribution is 6.05. The van der Waals surface area contributed by atoms with Crippen molar-refractivity contribution in [3.05, 3.63) is 51.8 Å². The Hall–Kier alpha value is -2.74. The quantitative estimate of drug-likeness (QED) is 0.648. The monoisotopic (exact) mass is 329 g/mol. The van der Waals surface area contributed by atoms with Crippen molar-refractivity contribution >= 4 is 17.3 Å². The lowest BCUT2D eigenvalue weighted by Gasteiger charge is -2.26. The summed E-state index contributed by atoms with van der Waals surface area (Å²) in [4.78, 5) is 24.7. The highest BCUT2D eigenvalue weighted by Gasteiger charge is 2.22. The predicted molar refractivity (Wildman–Crippen MR) is 88.8 cm³/mol. The van der Waals surface area contributed by atoms with Crippen molar-refractivity contribution in [1.82, 2.24) is 15.1 Å². The van der Waals surface area contributed by atoms with E-state index in [1.807, 2.05) is 12.1 Å². The van der Waals surface area contributed by atoms with Crippen LogP contribution in [0.15, 0.2) is 30.5 Å². The number of hydrogen-bond acceptors (Lipinski definition) is 5. The molecule has 8 nitrogen and oxygen atoms in total. The number of nitro groups is 1. The summed E-state index contributed by atoms with van der Waals surface area (Å²) in [5.74, 6) is -0.581. The van der Waals surface area contributed by atoms with Gasteiger partial charge in [-0.3, -0.25) is 24.9 Å². The molecular formula is C16H19N5O3. The highest BCUT2D eigenvalue weighted by atomic mass is 16.6. The van der Waals surface area contributed by atoms with Crippen LogP contribution in [0, 0.1) is 10.1 Å². The van der Waals surface area contributed by atoms with Gasteiger partial charge in [-0.1, -0.05) is 18.6 Å². The van der Waals surface area contributed by atoms with Crippen molar-refractivity contribution in [1.29, 1.82) is 0 Å². The fourth-order valence-electron chi connectivity index (χ4n) is 2.85. The average molecular weight is 329 g/mol. The summed E-state index contributed by atoms with van der Waals surface area (Å²) in [5.41, 5.74) is 1.28. The third-order valence-electron chi connectivity index (χ3n) is 4.11. The first kappa shape index (κ1) is 16.1. The number of likely N-dealkylation sites (tertiary alicyclic amines) is 1. The Morgan fingerprint density at radius 2 is 1.96 bits per heavy atom. The predicted octanol–water partition coefficient (Wildman–Crippen LogP) is 2.56. The van der Waals surface area contributed by atoms with E-state index >= 15 is 0 Å². The van der Waals surface area contributed by atoms with Crippen molar-refractivity contribution in [2.45, 2.75) is 25.8 Å². The van der Waals surface area contributed by atoms with E-state index in [0.717, 1.165) is 25.8 Å². The summed E-state index contributed by atoms with van der Waals surface area (Å²) >= 11 is 0. The molecule has 1 aromatic carbocycles. The van der Waals surface area contributed by atoms with Crippen LogP contribution in [0.5, 0.6) is 0 Å². The van der Waals surface area contributed by atoms with E-state index in [4.69, 9.17) is 0 Å². The van der Waals surface area contributed by atoms with Crippen LogP contribution in [0.25, 0.3) is 0 Å². The van der Waals surface area contributed by atoms with E-state index < -0.39 is 10.8 Å². The van der Waals surface area contributed by atoms with Gasteiger partial charge in [-0.25, -0.2) is 0 Å². The van der Waals surface area contributed by atoms with Gasteiger partial charge in [-0.2, -0.15) is 5.10 Å². The van der Waals surface area contributed by atoms with Crippen molar-refractivity contribution in [2.24, 2.45) is 0 Å². The Labute approximate surface area is 139 Å². The molecule has 2 N–H and O–H groups in total.